The Morgan fingerprint density at radius 3 is 1.50 bits per heavy atom. The van der Waals surface area contributed by atoms with E-state index in [1.54, 1.807) is 0 Å². The van der Waals surface area contributed by atoms with Crippen molar-refractivity contribution in [2.75, 3.05) is 0 Å². The fraction of sp³-hybridized carbons (Fsp3) is 0.0213. The molecular formula is C47H30N2S. The van der Waals surface area contributed by atoms with Crippen LogP contribution in [0.3, 0.4) is 0 Å². The molecule has 50 heavy (non-hydrogen) atoms. The van der Waals surface area contributed by atoms with Crippen molar-refractivity contribution in [2.24, 2.45) is 0 Å². The van der Waals surface area contributed by atoms with Crippen molar-refractivity contribution in [3.63, 3.8) is 0 Å². The molecule has 2 nitrogen and oxygen atoms in total. The average Bonchev–Trinajstić information content (AvgIpc) is 3.49. The minimum atomic E-state index is -0.403. The number of hydrogen-bond donors (Lipinski definition) is 0. The molecule has 0 bridgehead atoms. The van der Waals surface area contributed by atoms with E-state index in [9.17, 15) is 0 Å². The van der Waals surface area contributed by atoms with E-state index in [2.05, 4.69) is 174 Å². The molecule has 1 aromatic heterocycles. The number of benzene rings is 7. The van der Waals surface area contributed by atoms with E-state index in [4.69, 9.17) is 0 Å². The molecule has 0 radical (unpaired) electrons. The van der Waals surface area contributed by atoms with Gasteiger partial charge >= 0.3 is 0 Å². The summed E-state index contributed by atoms with van der Waals surface area (Å²) >= 11 is 1.88. The molecule has 1 aliphatic heterocycles. The Bertz CT molecular complexity index is 2530. The van der Waals surface area contributed by atoms with E-state index in [0.29, 0.717) is 0 Å². The molecule has 2 heterocycles. The third-order valence-corrected chi connectivity index (χ3v) is 11.4. The molecule has 8 aromatic rings. The van der Waals surface area contributed by atoms with Gasteiger partial charge in [0.1, 0.15) is 0 Å². The van der Waals surface area contributed by atoms with E-state index in [1.165, 1.54) is 59.9 Å². The van der Waals surface area contributed by atoms with Crippen molar-refractivity contribution < 1.29 is 0 Å². The number of hydrogen-bond acceptors (Lipinski definition) is 3. The zero-order valence-electron chi connectivity index (χ0n) is 27.1. The maximum absolute atomic E-state index is 4.63. The summed E-state index contributed by atoms with van der Waals surface area (Å²) in [6, 6.07) is 65.8. The van der Waals surface area contributed by atoms with Gasteiger partial charge in [0.2, 0.25) is 0 Å². The highest BCUT2D eigenvalue weighted by molar-refractivity contribution is 7.99. The van der Waals surface area contributed by atoms with Crippen LogP contribution in [0.4, 0.5) is 0 Å². The zero-order chi connectivity index (χ0) is 33.1. The minimum absolute atomic E-state index is 0.403. The Morgan fingerprint density at radius 2 is 0.820 bits per heavy atom. The first-order chi connectivity index (χ1) is 24.8. The lowest BCUT2D eigenvalue weighted by Crippen LogP contribution is -2.32. The lowest BCUT2D eigenvalue weighted by molar-refractivity contribution is 0.723. The van der Waals surface area contributed by atoms with Gasteiger partial charge in [-0.1, -0.05) is 157 Å². The Morgan fingerprint density at radius 1 is 0.320 bits per heavy atom. The Kier molecular flexibility index (Phi) is 6.68. The Hall–Kier alpha value is -6.03. The topological polar surface area (TPSA) is 25.8 Å². The molecule has 0 N–H and O–H groups in total. The number of rotatable bonds is 4. The molecule has 10 rings (SSSR count). The summed E-state index contributed by atoms with van der Waals surface area (Å²) in [6.45, 7) is 0. The summed E-state index contributed by atoms with van der Waals surface area (Å²) in [5.74, 6) is 0. The summed E-state index contributed by atoms with van der Waals surface area (Å²) in [5, 5.41) is 9.20. The molecule has 0 unspecified atom stereocenters. The van der Waals surface area contributed by atoms with Gasteiger partial charge in [-0.25, -0.2) is 0 Å². The maximum atomic E-state index is 4.63. The van der Waals surface area contributed by atoms with Gasteiger partial charge < -0.3 is 0 Å². The van der Waals surface area contributed by atoms with Crippen LogP contribution < -0.4 is 0 Å². The molecule has 0 saturated carbocycles. The van der Waals surface area contributed by atoms with Gasteiger partial charge in [0.15, 0.2) is 0 Å². The van der Waals surface area contributed by atoms with Crippen LogP contribution >= 0.6 is 11.8 Å². The summed E-state index contributed by atoms with van der Waals surface area (Å²) in [6.07, 6.45) is 0. The van der Waals surface area contributed by atoms with E-state index in [0.717, 1.165) is 28.1 Å². The van der Waals surface area contributed by atoms with Crippen molar-refractivity contribution in [2.45, 2.75) is 15.2 Å². The second kappa shape index (κ2) is 11.5. The van der Waals surface area contributed by atoms with Crippen LogP contribution in [0.1, 0.15) is 22.3 Å². The van der Waals surface area contributed by atoms with Crippen LogP contribution in [0.15, 0.2) is 192 Å². The fourth-order valence-corrected chi connectivity index (χ4v) is 9.28. The summed E-state index contributed by atoms with van der Waals surface area (Å²) in [5.41, 5.74) is 16.2. The Labute approximate surface area is 296 Å². The van der Waals surface area contributed by atoms with Gasteiger partial charge in [-0.3, -0.25) is 0 Å². The monoisotopic (exact) mass is 654 g/mol. The van der Waals surface area contributed by atoms with Crippen LogP contribution in [0.2, 0.25) is 0 Å². The van der Waals surface area contributed by atoms with Crippen molar-refractivity contribution in [3.8, 4) is 55.9 Å². The molecule has 0 amide bonds. The summed E-state index contributed by atoms with van der Waals surface area (Å²) < 4.78 is 0. The SMILES string of the molecule is c1ccc(-c2ccc(-c3cccc(-c4ccccc4-c4ccc5c(c4)C4(c6ccccc6S5)c5ccccc5-c5ccccc54)c3)nn2)cc1. The molecular weight excluding hydrogens is 625 g/mol. The smallest absolute Gasteiger partial charge is 0.0930 e. The second-order valence-electron chi connectivity index (χ2n) is 12.9. The van der Waals surface area contributed by atoms with Gasteiger partial charge in [0.25, 0.3) is 0 Å². The van der Waals surface area contributed by atoms with Crippen molar-refractivity contribution in [1.82, 2.24) is 10.2 Å². The van der Waals surface area contributed by atoms with E-state index >= 15 is 0 Å². The lowest BCUT2D eigenvalue weighted by atomic mass is 9.67. The predicted octanol–water partition coefficient (Wildman–Crippen LogP) is 12.0. The van der Waals surface area contributed by atoms with Gasteiger partial charge in [-0.2, -0.15) is 0 Å². The minimum Gasteiger partial charge on any atom is -0.150 e. The van der Waals surface area contributed by atoms with Crippen LogP contribution in [0, 0.1) is 0 Å². The summed E-state index contributed by atoms with van der Waals surface area (Å²) in [7, 11) is 0. The van der Waals surface area contributed by atoms with Crippen LogP contribution in [-0.4, -0.2) is 10.2 Å². The van der Waals surface area contributed by atoms with Crippen LogP contribution in [-0.2, 0) is 5.41 Å². The quantitative estimate of drug-likeness (QED) is 0.189. The predicted molar refractivity (Wildman–Crippen MR) is 205 cm³/mol. The van der Waals surface area contributed by atoms with Crippen LogP contribution in [0.25, 0.3) is 55.9 Å². The van der Waals surface area contributed by atoms with E-state index < -0.39 is 5.41 Å². The molecule has 7 aromatic carbocycles. The first-order valence-electron chi connectivity index (χ1n) is 17.0. The van der Waals surface area contributed by atoms with Crippen molar-refractivity contribution in [1.29, 1.82) is 0 Å². The van der Waals surface area contributed by atoms with Gasteiger partial charge in [-0.15, -0.1) is 10.2 Å². The molecule has 1 aliphatic carbocycles. The number of nitrogens with zero attached hydrogens (tertiary/aromatic N) is 2. The van der Waals surface area contributed by atoms with Gasteiger partial charge in [0, 0.05) is 20.9 Å². The highest BCUT2D eigenvalue weighted by Crippen LogP contribution is 2.62. The zero-order valence-corrected chi connectivity index (χ0v) is 27.9. The van der Waals surface area contributed by atoms with Crippen molar-refractivity contribution in [3.05, 3.63) is 204 Å². The maximum Gasteiger partial charge on any atom is 0.0930 e. The van der Waals surface area contributed by atoms with Crippen LogP contribution in [0.5, 0.6) is 0 Å². The van der Waals surface area contributed by atoms with Gasteiger partial charge in [0.05, 0.1) is 16.8 Å². The molecule has 0 saturated heterocycles. The van der Waals surface area contributed by atoms with Gasteiger partial charge in [-0.05, 0) is 92.0 Å². The highest BCUT2D eigenvalue weighted by atomic mass is 32.2. The first-order valence-corrected chi connectivity index (χ1v) is 17.8. The lowest BCUT2D eigenvalue weighted by Gasteiger charge is -2.40. The number of fused-ring (bicyclic) bond motifs is 9. The standard InChI is InChI=1S/C47H30N2S/c1-2-13-31(14-3-1)43-26-27-44(49-48-43)34-16-12-15-32(29-34)35-17-4-5-18-36(35)33-25-28-46-42(30-33)47(41-23-10-11-24-45(41)50-46)39-21-8-6-19-37(39)38-20-7-9-22-40(38)47/h1-30H. The molecule has 0 fully saturated rings. The number of aromatic nitrogens is 2. The average molecular weight is 655 g/mol. The summed E-state index contributed by atoms with van der Waals surface area (Å²) in [4.78, 5) is 2.62. The highest BCUT2D eigenvalue weighted by Gasteiger charge is 2.50. The first kappa shape index (κ1) is 28.9. The third kappa shape index (κ3) is 4.37. The molecule has 2 aliphatic rings. The largest absolute Gasteiger partial charge is 0.150 e. The molecule has 1 spiro atoms. The second-order valence-corrected chi connectivity index (χ2v) is 14.0. The van der Waals surface area contributed by atoms with Crippen molar-refractivity contribution >= 4 is 11.8 Å². The fourth-order valence-electron chi connectivity index (χ4n) is 8.11. The Balaban J connectivity index is 1.12. The third-order valence-electron chi connectivity index (χ3n) is 10.3. The molecule has 3 heteroatoms. The molecule has 234 valence electrons. The molecule has 0 atom stereocenters. The van der Waals surface area contributed by atoms with E-state index in [1.807, 2.05) is 30.0 Å². The normalized spacial score (nSPS) is 13.3. The van der Waals surface area contributed by atoms with E-state index in [-0.39, 0.29) is 0 Å².